The minimum Gasteiger partial charge on any atom is -0.508 e. The van der Waals surface area contributed by atoms with Gasteiger partial charge < -0.3 is 14.6 Å². The van der Waals surface area contributed by atoms with E-state index in [9.17, 15) is 14.7 Å². The molecule has 0 aromatic heterocycles. The third-order valence-corrected chi connectivity index (χ3v) is 4.97. The minimum absolute atomic E-state index is 0.198. The largest absolute Gasteiger partial charge is 0.508 e. The number of carbonyl (C=O) groups is 2. The summed E-state index contributed by atoms with van der Waals surface area (Å²) in [6.45, 7) is 3.19. The molecule has 1 aliphatic heterocycles. The highest BCUT2D eigenvalue weighted by Gasteiger charge is 2.39. The zero-order chi connectivity index (χ0) is 21.3. The van der Waals surface area contributed by atoms with E-state index in [1.165, 1.54) is 6.92 Å². The van der Waals surface area contributed by atoms with E-state index in [0.29, 0.717) is 5.56 Å². The van der Waals surface area contributed by atoms with Gasteiger partial charge in [0.2, 0.25) is 0 Å². The number of cyclic esters (lactones) is 1. The maximum atomic E-state index is 12.8. The molecule has 0 saturated carbocycles. The van der Waals surface area contributed by atoms with Crippen molar-refractivity contribution in [1.82, 2.24) is 0 Å². The number of phenols is 1. The van der Waals surface area contributed by atoms with Crippen molar-refractivity contribution in [3.63, 3.8) is 0 Å². The number of carbonyl (C=O) groups excluding carboxylic acids is 2. The van der Waals surface area contributed by atoms with Gasteiger partial charge in [0.05, 0.1) is 0 Å². The fourth-order valence-electron chi connectivity index (χ4n) is 3.58. The second-order valence-corrected chi connectivity index (χ2v) is 7.11. The Morgan fingerprint density at radius 2 is 1.63 bits per heavy atom. The molecule has 1 N–H and O–H groups in total. The van der Waals surface area contributed by atoms with Crippen molar-refractivity contribution in [3.8, 4) is 16.9 Å². The molecule has 0 radical (unpaired) electrons. The van der Waals surface area contributed by atoms with E-state index in [2.05, 4.69) is 0 Å². The standard InChI is InChI=1S/C25H20O5/c1-15-14-19(17-8-11-20(27)12-9-17)10-13-21(15)22-24(29-16(2)26)23(30-25(22)28)18-6-4-3-5-7-18/h3-14,23,27H,1-2H3. The zero-order valence-electron chi connectivity index (χ0n) is 16.6. The van der Waals surface area contributed by atoms with Crippen LogP contribution in [0.4, 0.5) is 0 Å². The van der Waals surface area contributed by atoms with E-state index in [1.54, 1.807) is 12.1 Å². The maximum Gasteiger partial charge on any atom is 0.343 e. The van der Waals surface area contributed by atoms with Gasteiger partial charge in [0.1, 0.15) is 11.3 Å². The first kappa shape index (κ1) is 19.5. The van der Waals surface area contributed by atoms with Crippen LogP contribution in [0.25, 0.3) is 16.7 Å². The third-order valence-electron chi connectivity index (χ3n) is 4.97. The molecule has 1 heterocycles. The van der Waals surface area contributed by atoms with Crippen molar-refractivity contribution in [3.05, 3.63) is 95.2 Å². The average molecular weight is 400 g/mol. The number of phenolic OH excluding ortho intramolecular Hbond substituents is 1. The number of rotatable bonds is 4. The van der Waals surface area contributed by atoms with E-state index < -0.39 is 18.0 Å². The predicted molar refractivity (Wildman–Crippen MR) is 112 cm³/mol. The maximum absolute atomic E-state index is 12.8. The second kappa shape index (κ2) is 7.87. The Hall–Kier alpha value is -3.86. The molecule has 5 heteroatoms. The van der Waals surface area contributed by atoms with Gasteiger partial charge >= 0.3 is 11.9 Å². The molecule has 0 saturated heterocycles. The Bertz CT molecular complexity index is 1140. The van der Waals surface area contributed by atoms with Crippen LogP contribution in [0.5, 0.6) is 5.75 Å². The third kappa shape index (κ3) is 3.70. The van der Waals surface area contributed by atoms with Gasteiger partial charge in [-0.3, -0.25) is 4.79 Å². The number of benzene rings is 3. The van der Waals surface area contributed by atoms with Crippen molar-refractivity contribution in [2.45, 2.75) is 20.0 Å². The molecule has 150 valence electrons. The van der Waals surface area contributed by atoms with E-state index in [-0.39, 0.29) is 17.1 Å². The fraction of sp³-hybridized carbons (Fsp3) is 0.120. The molecule has 3 aromatic rings. The molecule has 5 nitrogen and oxygen atoms in total. The lowest BCUT2D eigenvalue weighted by atomic mass is 9.94. The first-order valence-corrected chi connectivity index (χ1v) is 9.53. The van der Waals surface area contributed by atoms with Gasteiger partial charge in [0, 0.05) is 12.5 Å². The van der Waals surface area contributed by atoms with Crippen molar-refractivity contribution >= 4 is 17.5 Å². The Labute approximate surface area is 174 Å². The summed E-state index contributed by atoms with van der Waals surface area (Å²) in [5.74, 6) is -0.635. The van der Waals surface area contributed by atoms with Gasteiger partial charge in [-0.2, -0.15) is 0 Å². The van der Waals surface area contributed by atoms with Crippen molar-refractivity contribution in [2.75, 3.05) is 0 Å². The number of esters is 2. The lowest BCUT2D eigenvalue weighted by molar-refractivity contribution is -0.143. The molecule has 1 unspecified atom stereocenters. The Kier molecular flexibility index (Phi) is 5.11. The molecule has 0 bridgehead atoms. The Balaban J connectivity index is 1.80. The van der Waals surface area contributed by atoms with E-state index >= 15 is 0 Å². The smallest absolute Gasteiger partial charge is 0.343 e. The van der Waals surface area contributed by atoms with Crippen LogP contribution in [0.2, 0.25) is 0 Å². The van der Waals surface area contributed by atoms with Crippen LogP contribution >= 0.6 is 0 Å². The van der Waals surface area contributed by atoms with Crippen molar-refractivity contribution in [1.29, 1.82) is 0 Å². The van der Waals surface area contributed by atoms with Crippen LogP contribution in [-0.2, 0) is 19.1 Å². The first-order chi connectivity index (χ1) is 14.4. The molecule has 0 spiro atoms. The molecule has 4 rings (SSSR count). The number of hydrogen-bond donors (Lipinski definition) is 1. The summed E-state index contributed by atoms with van der Waals surface area (Å²) in [6, 6.07) is 21.7. The van der Waals surface area contributed by atoms with Gasteiger partial charge in [-0.05, 0) is 41.3 Å². The van der Waals surface area contributed by atoms with Gasteiger partial charge in [0.15, 0.2) is 11.9 Å². The highest BCUT2D eigenvalue weighted by Crippen LogP contribution is 2.41. The zero-order valence-corrected chi connectivity index (χ0v) is 16.6. The average Bonchev–Trinajstić information content (AvgIpc) is 3.04. The Morgan fingerprint density at radius 3 is 2.27 bits per heavy atom. The van der Waals surface area contributed by atoms with Crippen LogP contribution in [0.15, 0.2) is 78.6 Å². The van der Waals surface area contributed by atoms with Crippen LogP contribution in [-0.4, -0.2) is 17.0 Å². The van der Waals surface area contributed by atoms with Gasteiger partial charge in [-0.15, -0.1) is 0 Å². The monoisotopic (exact) mass is 400 g/mol. The number of aromatic hydroxyl groups is 1. The van der Waals surface area contributed by atoms with Crippen molar-refractivity contribution in [2.24, 2.45) is 0 Å². The number of aryl methyl sites for hydroxylation is 1. The summed E-state index contributed by atoms with van der Waals surface area (Å²) in [7, 11) is 0. The molecule has 3 aromatic carbocycles. The minimum atomic E-state index is -0.770. The fourth-order valence-corrected chi connectivity index (χ4v) is 3.58. The highest BCUT2D eigenvalue weighted by atomic mass is 16.6. The first-order valence-electron chi connectivity index (χ1n) is 9.53. The second-order valence-electron chi connectivity index (χ2n) is 7.11. The molecule has 0 aliphatic carbocycles. The Morgan fingerprint density at radius 1 is 0.967 bits per heavy atom. The number of hydrogen-bond acceptors (Lipinski definition) is 5. The molecule has 1 aliphatic rings. The SMILES string of the molecule is CC(=O)OC1=C(c2ccc(-c3ccc(O)cc3)cc2C)C(=O)OC1c1ccccc1. The van der Waals surface area contributed by atoms with Crippen LogP contribution < -0.4 is 0 Å². The quantitative estimate of drug-likeness (QED) is 0.628. The van der Waals surface area contributed by atoms with Crippen LogP contribution in [0.3, 0.4) is 0 Å². The predicted octanol–water partition coefficient (Wildman–Crippen LogP) is 4.94. The van der Waals surface area contributed by atoms with Crippen molar-refractivity contribution < 1.29 is 24.2 Å². The number of ether oxygens (including phenoxy) is 2. The topological polar surface area (TPSA) is 72.8 Å². The summed E-state index contributed by atoms with van der Waals surface area (Å²) < 4.78 is 11.1. The van der Waals surface area contributed by atoms with Crippen LogP contribution in [0, 0.1) is 6.92 Å². The van der Waals surface area contributed by atoms with Gasteiger partial charge in [-0.1, -0.05) is 60.7 Å². The van der Waals surface area contributed by atoms with E-state index in [0.717, 1.165) is 22.3 Å². The molecule has 0 amide bonds. The lowest BCUT2D eigenvalue weighted by Crippen LogP contribution is -2.07. The van der Waals surface area contributed by atoms with E-state index in [4.69, 9.17) is 9.47 Å². The summed E-state index contributed by atoms with van der Waals surface area (Å²) >= 11 is 0. The molecular formula is C25H20O5. The molecule has 0 fully saturated rings. The lowest BCUT2D eigenvalue weighted by Gasteiger charge is -2.14. The summed E-state index contributed by atoms with van der Waals surface area (Å²) in [4.78, 5) is 24.6. The molecular weight excluding hydrogens is 380 g/mol. The summed E-state index contributed by atoms with van der Waals surface area (Å²) in [5.41, 5.74) is 4.36. The van der Waals surface area contributed by atoms with Gasteiger partial charge in [-0.25, -0.2) is 4.79 Å². The summed E-state index contributed by atoms with van der Waals surface area (Å²) in [6.07, 6.45) is -0.770. The highest BCUT2D eigenvalue weighted by molar-refractivity contribution is 6.20. The molecule has 1 atom stereocenters. The van der Waals surface area contributed by atoms with Crippen LogP contribution in [0.1, 0.15) is 29.7 Å². The normalized spacial score (nSPS) is 15.8. The van der Waals surface area contributed by atoms with Gasteiger partial charge in [0.25, 0.3) is 0 Å². The van der Waals surface area contributed by atoms with E-state index in [1.807, 2.05) is 67.6 Å². The molecule has 30 heavy (non-hydrogen) atoms. The summed E-state index contributed by atoms with van der Waals surface area (Å²) in [5, 5.41) is 9.50.